The summed E-state index contributed by atoms with van der Waals surface area (Å²) in [5.41, 5.74) is 2.73. The lowest BCUT2D eigenvalue weighted by atomic mass is 10.0. The lowest BCUT2D eigenvalue weighted by Gasteiger charge is -2.27. The van der Waals surface area contributed by atoms with E-state index < -0.39 is 32.6 Å². The molecule has 0 bridgehead atoms. The minimum Gasteiger partial charge on any atom is -0.377 e. The Labute approximate surface area is 222 Å². The van der Waals surface area contributed by atoms with Crippen molar-refractivity contribution in [2.45, 2.75) is 43.7 Å². The number of nitrogens with one attached hydrogen (secondary N) is 1. The zero-order valence-electron chi connectivity index (χ0n) is 19.9. The van der Waals surface area contributed by atoms with Gasteiger partial charge in [-0.2, -0.15) is 8.42 Å². The fraction of sp³-hybridized carbons (Fsp3) is 0.333. The molecular formula is C24H25ClF2N4O4S2. The number of nitrogens with zero attached hydrogens (tertiary/aromatic N) is 3. The first-order chi connectivity index (χ1) is 17.7. The van der Waals surface area contributed by atoms with Crippen molar-refractivity contribution < 1.29 is 26.8 Å². The molecule has 1 fully saturated rings. The number of benzene rings is 2. The summed E-state index contributed by atoms with van der Waals surface area (Å²) in [6, 6.07) is 6.13. The third-order valence-corrected chi connectivity index (χ3v) is 8.48. The van der Waals surface area contributed by atoms with E-state index >= 15 is 4.39 Å². The van der Waals surface area contributed by atoms with Gasteiger partial charge in [-0.05, 0) is 62.7 Å². The van der Waals surface area contributed by atoms with Gasteiger partial charge in [0.05, 0.1) is 22.3 Å². The summed E-state index contributed by atoms with van der Waals surface area (Å²) < 4.78 is 56.1. The molecule has 3 aromatic rings. The Balaban J connectivity index is 1.57. The van der Waals surface area contributed by atoms with E-state index in [1.807, 2.05) is 0 Å². The highest BCUT2D eigenvalue weighted by Gasteiger charge is 2.32. The maximum Gasteiger partial charge on any atom is 0.322 e. The molecule has 8 nitrogen and oxygen atoms in total. The van der Waals surface area contributed by atoms with E-state index in [-0.39, 0.29) is 27.5 Å². The van der Waals surface area contributed by atoms with Gasteiger partial charge in [0.1, 0.15) is 16.5 Å². The van der Waals surface area contributed by atoms with Crippen LogP contribution in [0.2, 0.25) is 5.02 Å². The number of rotatable bonds is 10. The van der Waals surface area contributed by atoms with Gasteiger partial charge in [-0.25, -0.2) is 13.8 Å². The third kappa shape index (κ3) is 6.20. The van der Waals surface area contributed by atoms with Gasteiger partial charge >= 0.3 is 6.47 Å². The molecule has 2 heterocycles. The average molecular weight is 571 g/mol. The molecule has 37 heavy (non-hydrogen) atoms. The largest absolute Gasteiger partial charge is 0.377 e. The normalized spacial score (nSPS) is 15.2. The Morgan fingerprint density at radius 2 is 1.97 bits per heavy atom. The summed E-state index contributed by atoms with van der Waals surface area (Å²) in [6.07, 6.45) is 3.51. The number of hydrogen-bond acceptors (Lipinski definition) is 8. The Morgan fingerprint density at radius 3 is 2.65 bits per heavy atom. The first kappa shape index (κ1) is 27.2. The Morgan fingerprint density at radius 1 is 1.22 bits per heavy atom. The first-order valence-corrected chi connectivity index (χ1v) is 14.3. The number of carbonyl (C=O) groups excluding carboxylic acids is 1. The van der Waals surface area contributed by atoms with Crippen molar-refractivity contribution in [3.8, 4) is 0 Å². The van der Waals surface area contributed by atoms with Crippen LogP contribution in [0.5, 0.6) is 0 Å². The molecule has 1 N–H and O–H groups in total. The molecule has 13 heteroatoms. The third-order valence-electron chi connectivity index (χ3n) is 6.02. The van der Waals surface area contributed by atoms with Gasteiger partial charge in [-0.15, -0.1) is 11.3 Å². The molecule has 0 amide bonds. The number of likely N-dealkylation sites (tertiary alicyclic amines) is 1. The number of carbonyl (C=O) groups is 1. The van der Waals surface area contributed by atoms with Crippen molar-refractivity contribution >= 4 is 50.9 Å². The van der Waals surface area contributed by atoms with Crippen molar-refractivity contribution in [3.05, 3.63) is 69.0 Å². The molecule has 0 spiro atoms. The molecule has 0 unspecified atom stereocenters. The van der Waals surface area contributed by atoms with Crippen molar-refractivity contribution in [2.75, 3.05) is 22.9 Å². The highest BCUT2D eigenvalue weighted by Crippen LogP contribution is 2.34. The predicted octanol–water partition coefficient (Wildman–Crippen LogP) is 5.52. The van der Waals surface area contributed by atoms with E-state index in [1.54, 1.807) is 19.1 Å². The second-order valence-corrected chi connectivity index (χ2v) is 11.4. The Kier molecular flexibility index (Phi) is 8.63. The summed E-state index contributed by atoms with van der Waals surface area (Å²) in [5.74, 6) is -1.79. The first-order valence-electron chi connectivity index (χ1n) is 11.5. The van der Waals surface area contributed by atoms with E-state index in [0.29, 0.717) is 12.1 Å². The summed E-state index contributed by atoms with van der Waals surface area (Å²) >= 11 is 7.36. The van der Waals surface area contributed by atoms with Crippen LogP contribution in [-0.4, -0.2) is 37.9 Å². The molecular weight excluding hydrogens is 546 g/mol. The quantitative estimate of drug-likeness (QED) is 0.253. The summed E-state index contributed by atoms with van der Waals surface area (Å²) in [5, 5.41) is 4.16. The summed E-state index contributed by atoms with van der Waals surface area (Å²) in [7, 11) is -4.69. The molecule has 4 rings (SSSR count). The molecule has 1 aromatic heterocycles. The van der Waals surface area contributed by atoms with Crippen molar-refractivity contribution in [1.82, 2.24) is 9.88 Å². The van der Waals surface area contributed by atoms with Gasteiger partial charge in [-0.3, -0.25) is 9.69 Å². The van der Waals surface area contributed by atoms with Gasteiger partial charge in [0.15, 0.2) is 5.82 Å². The topological polar surface area (TPSA) is 91.8 Å². The standard InChI is InChI=1S/C24H25ClF2N4O4S2/c1-16(18-9-17(5-6-20(18)26)12-30-7-3-2-4-8-30)29-22-11-21(27)23(10-19(22)25)37(33,34)31(35-15-32)24-13-36-14-28-24/h5-6,9-11,13-16,29H,2-4,7-8,12H2,1H3/t16-/m0/s1. The van der Waals surface area contributed by atoms with Gasteiger partial charge in [0.25, 0.3) is 10.0 Å². The lowest BCUT2D eigenvalue weighted by Crippen LogP contribution is -2.31. The number of anilines is 2. The van der Waals surface area contributed by atoms with E-state index in [0.717, 1.165) is 55.0 Å². The zero-order chi connectivity index (χ0) is 26.6. The van der Waals surface area contributed by atoms with Crippen LogP contribution in [0, 0.1) is 11.6 Å². The number of aromatic nitrogens is 1. The van der Waals surface area contributed by atoms with Crippen LogP contribution in [0.1, 0.15) is 43.4 Å². The van der Waals surface area contributed by atoms with Crippen LogP contribution in [0.4, 0.5) is 20.3 Å². The van der Waals surface area contributed by atoms with Gasteiger partial charge in [-0.1, -0.05) is 28.6 Å². The molecule has 198 valence electrons. The predicted molar refractivity (Wildman–Crippen MR) is 138 cm³/mol. The van der Waals surface area contributed by atoms with E-state index in [1.165, 1.54) is 23.4 Å². The van der Waals surface area contributed by atoms with E-state index in [4.69, 9.17) is 11.6 Å². The molecule has 0 saturated carbocycles. The average Bonchev–Trinajstić information content (AvgIpc) is 3.40. The minimum absolute atomic E-state index is 0.0722. The molecule has 1 aliphatic rings. The summed E-state index contributed by atoms with van der Waals surface area (Å²) in [6.45, 7) is 4.30. The Bertz CT molecular complexity index is 1350. The van der Waals surface area contributed by atoms with Crippen LogP contribution in [0.25, 0.3) is 0 Å². The fourth-order valence-corrected chi connectivity index (χ4v) is 6.31. The zero-order valence-corrected chi connectivity index (χ0v) is 22.3. The van der Waals surface area contributed by atoms with Crippen LogP contribution in [0.3, 0.4) is 0 Å². The number of piperidine rings is 1. The Hall–Kier alpha value is -2.80. The van der Waals surface area contributed by atoms with E-state index in [2.05, 4.69) is 20.0 Å². The van der Waals surface area contributed by atoms with Crippen molar-refractivity contribution in [1.29, 1.82) is 0 Å². The molecule has 2 aromatic carbocycles. The maximum atomic E-state index is 15.1. The van der Waals surface area contributed by atoms with Crippen LogP contribution in [0.15, 0.2) is 46.1 Å². The second kappa shape index (κ2) is 11.7. The lowest BCUT2D eigenvalue weighted by molar-refractivity contribution is -0.128. The minimum atomic E-state index is -4.69. The second-order valence-electron chi connectivity index (χ2n) is 8.60. The van der Waals surface area contributed by atoms with E-state index in [9.17, 15) is 17.6 Å². The maximum absolute atomic E-state index is 15.1. The monoisotopic (exact) mass is 570 g/mol. The van der Waals surface area contributed by atoms with Gasteiger partial charge < -0.3 is 10.2 Å². The molecule has 1 atom stereocenters. The number of halogens is 3. The van der Waals surface area contributed by atoms with Crippen LogP contribution < -0.4 is 9.79 Å². The molecule has 0 aliphatic carbocycles. The highest BCUT2D eigenvalue weighted by molar-refractivity contribution is 7.92. The fourth-order valence-electron chi connectivity index (χ4n) is 4.21. The smallest absolute Gasteiger partial charge is 0.322 e. The number of hydrogen-bond donors (Lipinski definition) is 1. The van der Waals surface area contributed by atoms with Crippen molar-refractivity contribution in [3.63, 3.8) is 0 Å². The highest BCUT2D eigenvalue weighted by atomic mass is 35.5. The van der Waals surface area contributed by atoms with Crippen molar-refractivity contribution in [2.24, 2.45) is 0 Å². The number of sulfonamides is 1. The molecule has 1 saturated heterocycles. The van der Waals surface area contributed by atoms with Gasteiger partial charge in [0.2, 0.25) is 0 Å². The van der Waals surface area contributed by atoms with Crippen LogP contribution >= 0.6 is 22.9 Å². The number of thiazole rings is 1. The van der Waals surface area contributed by atoms with Crippen LogP contribution in [-0.2, 0) is 26.2 Å². The molecule has 0 radical (unpaired) electrons. The van der Waals surface area contributed by atoms with Gasteiger partial charge in [0, 0.05) is 17.5 Å². The summed E-state index contributed by atoms with van der Waals surface area (Å²) in [4.78, 5) is 20.8. The SMILES string of the molecule is C[C@H](Nc1cc(F)c(S(=O)(=O)N(OC=O)c2cscn2)cc1Cl)c1cc(CN2CCCCC2)ccc1F. The molecule has 1 aliphatic heterocycles.